The Morgan fingerprint density at radius 3 is 2.85 bits per heavy atom. The summed E-state index contributed by atoms with van der Waals surface area (Å²) in [6.07, 6.45) is 0. The van der Waals surface area contributed by atoms with Crippen LogP contribution in [0.4, 0.5) is 0 Å². The number of ether oxygens (including phenoxy) is 1. The Hall–Kier alpha value is -1.07. The van der Waals surface area contributed by atoms with E-state index in [1.54, 1.807) is 7.11 Å². The molecule has 110 valence electrons. The number of fused-ring (bicyclic) bond motifs is 1. The Bertz CT molecular complexity index is 625. The SMILES string of the molecule is CCS(=O)CCn1c(C(C)Cl)nc2c(OC)cccc21. The minimum atomic E-state index is -0.806. The van der Waals surface area contributed by atoms with E-state index < -0.39 is 10.8 Å². The predicted molar refractivity (Wildman–Crippen MR) is 84.1 cm³/mol. The van der Waals surface area contributed by atoms with Crippen molar-refractivity contribution in [3.8, 4) is 5.75 Å². The van der Waals surface area contributed by atoms with Gasteiger partial charge in [0, 0.05) is 28.9 Å². The lowest BCUT2D eigenvalue weighted by atomic mass is 10.3. The summed E-state index contributed by atoms with van der Waals surface area (Å²) in [6, 6.07) is 5.80. The topological polar surface area (TPSA) is 44.1 Å². The zero-order valence-corrected chi connectivity index (χ0v) is 13.5. The number of hydrogen-bond donors (Lipinski definition) is 0. The van der Waals surface area contributed by atoms with Gasteiger partial charge in [-0.3, -0.25) is 4.21 Å². The quantitative estimate of drug-likeness (QED) is 0.770. The van der Waals surface area contributed by atoms with Gasteiger partial charge in [-0.15, -0.1) is 11.6 Å². The fraction of sp³-hybridized carbons (Fsp3) is 0.500. The fourth-order valence-electron chi connectivity index (χ4n) is 2.18. The second kappa shape index (κ2) is 6.59. The Morgan fingerprint density at radius 1 is 1.50 bits per heavy atom. The molecule has 0 fully saturated rings. The summed E-state index contributed by atoms with van der Waals surface area (Å²) in [7, 11) is 0.823. The molecule has 2 atom stereocenters. The van der Waals surface area contributed by atoms with Gasteiger partial charge in [-0.2, -0.15) is 0 Å². The van der Waals surface area contributed by atoms with Gasteiger partial charge in [0.25, 0.3) is 0 Å². The van der Waals surface area contributed by atoms with E-state index in [-0.39, 0.29) is 5.38 Å². The van der Waals surface area contributed by atoms with Gasteiger partial charge < -0.3 is 9.30 Å². The van der Waals surface area contributed by atoms with E-state index in [9.17, 15) is 4.21 Å². The van der Waals surface area contributed by atoms with E-state index in [1.807, 2.05) is 36.6 Å². The lowest BCUT2D eigenvalue weighted by Crippen LogP contribution is -2.12. The second-order valence-electron chi connectivity index (χ2n) is 4.50. The summed E-state index contributed by atoms with van der Waals surface area (Å²) in [5, 5.41) is -0.206. The number of alkyl halides is 1. The Balaban J connectivity index is 2.49. The van der Waals surface area contributed by atoms with Gasteiger partial charge in [0.1, 0.15) is 17.1 Å². The Labute approximate surface area is 126 Å². The number of para-hydroxylation sites is 1. The lowest BCUT2D eigenvalue weighted by Gasteiger charge is -2.10. The third-order valence-electron chi connectivity index (χ3n) is 3.21. The molecule has 0 aliphatic rings. The molecule has 0 amide bonds. The van der Waals surface area contributed by atoms with Gasteiger partial charge >= 0.3 is 0 Å². The molecule has 2 aromatic rings. The first-order valence-electron chi connectivity index (χ1n) is 6.60. The van der Waals surface area contributed by atoms with Gasteiger partial charge in [-0.05, 0) is 19.1 Å². The number of aryl methyl sites for hydroxylation is 1. The maximum absolute atomic E-state index is 11.7. The first-order chi connectivity index (χ1) is 9.58. The molecular formula is C14H19ClN2O2S. The van der Waals surface area contributed by atoms with Crippen molar-refractivity contribution in [2.45, 2.75) is 25.8 Å². The number of imidazole rings is 1. The van der Waals surface area contributed by atoms with Crippen LogP contribution in [-0.4, -0.2) is 32.4 Å². The van der Waals surface area contributed by atoms with E-state index in [0.29, 0.717) is 18.1 Å². The number of methoxy groups -OCH3 is 1. The van der Waals surface area contributed by atoms with E-state index >= 15 is 0 Å². The van der Waals surface area contributed by atoms with Gasteiger partial charge in [-0.1, -0.05) is 13.0 Å². The monoisotopic (exact) mass is 314 g/mol. The van der Waals surface area contributed by atoms with E-state index in [1.165, 1.54) is 0 Å². The Morgan fingerprint density at radius 2 is 2.25 bits per heavy atom. The van der Waals surface area contributed by atoms with Crippen molar-refractivity contribution in [3.63, 3.8) is 0 Å². The largest absolute Gasteiger partial charge is 0.494 e. The highest BCUT2D eigenvalue weighted by Gasteiger charge is 2.17. The summed E-state index contributed by atoms with van der Waals surface area (Å²) in [5.74, 6) is 2.80. The summed E-state index contributed by atoms with van der Waals surface area (Å²) in [4.78, 5) is 4.59. The van der Waals surface area contributed by atoms with Gasteiger partial charge in [0.2, 0.25) is 0 Å². The molecule has 1 heterocycles. The number of hydrogen-bond acceptors (Lipinski definition) is 3. The minimum Gasteiger partial charge on any atom is -0.494 e. The molecule has 0 aliphatic heterocycles. The first-order valence-corrected chi connectivity index (χ1v) is 8.53. The number of aromatic nitrogens is 2. The van der Waals surface area contributed by atoms with Gasteiger partial charge in [-0.25, -0.2) is 4.98 Å². The molecular weight excluding hydrogens is 296 g/mol. The molecule has 6 heteroatoms. The summed E-state index contributed by atoms with van der Waals surface area (Å²) >= 11 is 6.22. The fourth-order valence-corrected chi connectivity index (χ4v) is 3.02. The molecule has 0 spiro atoms. The number of halogens is 1. The molecule has 0 aliphatic carbocycles. The number of benzene rings is 1. The lowest BCUT2D eigenvalue weighted by molar-refractivity contribution is 0.419. The highest BCUT2D eigenvalue weighted by molar-refractivity contribution is 7.84. The zero-order chi connectivity index (χ0) is 14.7. The van der Waals surface area contributed by atoms with Crippen molar-refractivity contribution in [2.75, 3.05) is 18.6 Å². The van der Waals surface area contributed by atoms with E-state index in [4.69, 9.17) is 16.3 Å². The van der Waals surface area contributed by atoms with Gasteiger partial charge in [0.15, 0.2) is 0 Å². The van der Waals surface area contributed by atoms with E-state index in [0.717, 1.165) is 22.6 Å². The van der Waals surface area contributed by atoms with Crippen LogP contribution in [0.5, 0.6) is 5.75 Å². The molecule has 0 saturated heterocycles. The third kappa shape index (κ3) is 2.99. The van der Waals surface area contributed by atoms with Crippen LogP contribution in [0.25, 0.3) is 11.0 Å². The molecule has 0 bridgehead atoms. The normalized spacial score (nSPS) is 14.4. The third-order valence-corrected chi connectivity index (χ3v) is 4.69. The molecule has 0 saturated carbocycles. The molecule has 20 heavy (non-hydrogen) atoms. The molecule has 1 aromatic carbocycles. The zero-order valence-electron chi connectivity index (χ0n) is 11.9. The van der Waals surface area contributed by atoms with Crippen LogP contribution in [0.3, 0.4) is 0 Å². The Kier molecular flexibility index (Phi) is 5.05. The molecule has 1 aromatic heterocycles. The maximum Gasteiger partial charge on any atom is 0.146 e. The standard InChI is InChI=1S/C14H19ClN2O2S/c1-4-20(18)9-8-17-11-6-5-7-12(19-3)13(11)16-14(17)10(2)15/h5-7,10H,4,8-9H2,1-3H3. The molecule has 2 unspecified atom stereocenters. The van der Waals surface area contributed by atoms with Crippen molar-refractivity contribution in [1.29, 1.82) is 0 Å². The number of rotatable bonds is 6. The highest BCUT2D eigenvalue weighted by Crippen LogP contribution is 2.29. The maximum atomic E-state index is 11.7. The summed E-state index contributed by atoms with van der Waals surface area (Å²) in [6.45, 7) is 4.47. The van der Waals surface area contributed by atoms with Crippen molar-refractivity contribution in [3.05, 3.63) is 24.0 Å². The highest BCUT2D eigenvalue weighted by atomic mass is 35.5. The molecule has 4 nitrogen and oxygen atoms in total. The second-order valence-corrected chi connectivity index (χ2v) is 7.02. The van der Waals surface area contributed by atoms with Crippen molar-refractivity contribution < 1.29 is 8.95 Å². The average molecular weight is 315 g/mol. The molecule has 0 radical (unpaired) electrons. The van der Waals surface area contributed by atoms with Crippen LogP contribution < -0.4 is 4.74 Å². The van der Waals surface area contributed by atoms with Crippen LogP contribution in [0.1, 0.15) is 25.0 Å². The van der Waals surface area contributed by atoms with Crippen LogP contribution in [0.2, 0.25) is 0 Å². The summed E-state index contributed by atoms with van der Waals surface area (Å²) in [5.41, 5.74) is 1.78. The predicted octanol–water partition coefficient (Wildman–Crippen LogP) is 3.11. The van der Waals surface area contributed by atoms with Crippen LogP contribution >= 0.6 is 11.6 Å². The average Bonchev–Trinajstić information content (AvgIpc) is 2.83. The van der Waals surface area contributed by atoms with Crippen molar-refractivity contribution in [1.82, 2.24) is 9.55 Å². The first kappa shape index (κ1) is 15.3. The molecule has 0 N–H and O–H groups in total. The molecule has 2 rings (SSSR count). The summed E-state index contributed by atoms with van der Waals surface area (Å²) < 4.78 is 19.1. The van der Waals surface area contributed by atoms with Crippen LogP contribution in [0.15, 0.2) is 18.2 Å². The van der Waals surface area contributed by atoms with Crippen LogP contribution in [0, 0.1) is 0 Å². The van der Waals surface area contributed by atoms with Crippen LogP contribution in [-0.2, 0) is 17.3 Å². The van der Waals surface area contributed by atoms with Crippen molar-refractivity contribution in [2.24, 2.45) is 0 Å². The van der Waals surface area contributed by atoms with E-state index in [2.05, 4.69) is 4.98 Å². The number of nitrogens with zero attached hydrogens (tertiary/aromatic N) is 2. The minimum absolute atomic E-state index is 0.206. The van der Waals surface area contributed by atoms with Gasteiger partial charge in [0.05, 0.1) is 18.0 Å². The smallest absolute Gasteiger partial charge is 0.146 e. The van der Waals surface area contributed by atoms with Crippen molar-refractivity contribution >= 4 is 33.4 Å².